The summed E-state index contributed by atoms with van der Waals surface area (Å²) in [6.45, 7) is 0.304. The molecule has 0 N–H and O–H groups in total. The van der Waals surface area contributed by atoms with E-state index in [-0.39, 0.29) is 23.0 Å². The van der Waals surface area contributed by atoms with Crippen LogP contribution in [-0.2, 0) is 25.4 Å². The summed E-state index contributed by atoms with van der Waals surface area (Å²) in [5, 5.41) is 0. The van der Waals surface area contributed by atoms with E-state index in [1.54, 1.807) is 18.7 Å². The predicted molar refractivity (Wildman–Crippen MR) is 72.6 cm³/mol. The summed E-state index contributed by atoms with van der Waals surface area (Å²) in [5.74, 6) is 0.292. The van der Waals surface area contributed by atoms with Gasteiger partial charge in [0.1, 0.15) is 5.78 Å². The number of fused-ring (bicyclic) bond motifs is 1. The van der Waals surface area contributed by atoms with E-state index in [0.717, 1.165) is 6.42 Å². The van der Waals surface area contributed by atoms with E-state index in [9.17, 15) is 14.4 Å². The lowest BCUT2D eigenvalue weighted by Gasteiger charge is -2.12. The zero-order valence-corrected chi connectivity index (χ0v) is 11.5. The second kappa shape index (κ2) is 4.43. The summed E-state index contributed by atoms with van der Waals surface area (Å²) in [5.41, 5.74) is 0.0978. The van der Waals surface area contributed by atoms with E-state index in [2.05, 4.69) is 4.98 Å². The van der Waals surface area contributed by atoms with Gasteiger partial charge in [-0.05, 0) is 12.3 Å². The number of ketones is 1. The number of rotatable bonds is 2. The molecule has 20 heavy (non-hydrogen) atoms. The Balaban J connectivity index is 2.15. The SMILES string of the molecule is Cn1cnc2c1c(=O)n(CC1CCC(=O)C1)c(=O)n2C. The van der Waals surface area contributed by atoms with Gasteiger partial charge < -0.3 is 4.57 Å². The number of aromatic nitrogens is 4. The van der Waals surface area contributed by atoms with Crippen LogP contribution < -0.4 is 11.2 Å². The zero-order chi connectivity index (χ0) is 14.4. The number of aryl methyl sites for hydroxylation is 2. The molecule has 0 radical (unpaired) electrons. The molecule has 7 heteroatoms. The molecular weight excluding hydrogens is 260 g/mol. The minimum atomic E-state index is -0.374. The number of Topliss-reactive ketones (excluding diaryl/α,β-unsaturated/α-hetero) is 1. The van der Waals surface area contributed by atoms with Crippen molar-refractivity contribution >= 4 is 16.9 Å². The molecule has 106 valence electrons. The van der Waals surface area contributed by atoms with Gasteiger partial charge in [0, 0.05) is 33.5 Å². The third-order valence-corrected chi connectivity index (χ3v) is 3.99. The Morgan fingerprint density at radius 3 is 2.70 bits per heavy atom. The van der Waals surface area contributed by atoms with E-state index in [0.29, 0.717) is 30.6 Å². The molecule has 7 nitrogen and oxygen atoms in total. The van der Waals surface area contributed by atoms with Gasteiger partial charge in [-0.25, -0.2) is 9.78 Å². The molecule has 1 fully saturated rings. The maximum atomic E-state index is 12.5. The largest absolute Gasteiger partial charge is 0.332 e. The molecule has 0 spiro atoms. The number of imidazole rings is 1. The first-order valence-electron chi connectivity index (χ1n) is 6.61. The fourth-order valence-electron chi connectivity index (χ4n) is 2.86. The van der Waals surface area contributed by atoms with Gasteiger partial charge in [-0.2, -0.15) is 0 Å². The molecule has 0 amide bonds. The van der Waals surface area contributed by atoms with Crippen LogP contribution in [0.5, 0.6) is 0 Å². The number of nitrogens with zero attached hydrogens (tertiary/aromatic N) is 4. The van der Waals surface area contributed by atoms with Crippen molar-refractivity contribution in [2.45, 2.75) is 25.8 Å². The molecule has 0 saturated heterocycles. The summed E-state index contributed by atoms with van der Waals surface area (Å²) in [4.78, 5) is 40.1. The first-order chi connectivity index (χ1) is 9.49. The molecule has 3 rings (SSSR count). The average molecular weight is 276 g/mol. The van der Waals surface area contributed by atoms with Gasteiger partial charge in [0.05, 0.1) is 6.33 Å². The molecule has 0 aromatic carbocycles. The van der Waals surface area contributed by atoms with Crippen molar-refractivity contribution in [3.8, 4) is 0 Å². The van der Waals surface area contributed by atoms with Gasteiger partial charge in [-0.15, -0.1) is 0 Å². The van der Waals surface area contributed by atoms with Crippen LogP contribution in [0.15, 0.2) is 15.9 Å². The van der Waals surface area contributed by atoms with Crippen molar-refractivity contribution in [1.29, 1.82) is 0 Å². The molecule has 0 aliphatic heterocycles. The number of hydrogen-bond acceptors (Lipinski definition) is 4. The summed E-state index contributed by atoms with van der Waals surface area (Å²) >= 11 is 0. The van der Waals surface area contributed by atoms with Crippen molar-refractivity contribution in [3.63, 3.8) is 0 Å². The molecule has 1 atom stereocenters. The van der Waals surface area contributed by atoms with Crippen LogP contribution in [0, 0.1) is 5.92 Å². The summed E-state index contributed by atoms with van der Waals surface area (Å²) in [6, 6.07) is 0. The monoisotopic (exact) mass is 276 g/mol. The van der Waals surface area contributed by atoms with E-state index >= 15 is 0 Å². The van der Waals surface area contributed by atoms with Crippen molar-refractivity contribution in [3.05, 3.63) is 27.2 Å². The van der Waals surface area contributed by atoms with Crippen molar-refractivity contribution in [2.75, 3.05) is 0 Å². The van der Waals surface area contributed by atoms with Crippen LogP contribution in [0.25, 0.3) is 11.2 Å². The average Bonchev–Trinajstić information content (AvgIpc) is 2.98. The fourth-order valence-corrected chi connectivity index (χ4v) is 2.86. The lowest BCUT2D eigenvalue weighted by Crippen LogP contribution is -2.40. The minimum Gasteiger partial charge on any atom is -0.328 e. The smallest absolute Gasteiger partial charge is 0.328 e. The predicted octanol–water partition coefficient (Wildman–Crippen LogP) is -0.197. The molecule has 1 aliphatic rings. The molecule has 1 saturated carbocycles. The molecule has 1 unspecified atom stereocenters. The van der Waals surface area contributed by atoms with Gasteiger partial charge in [-0.1, -0.05) is 0 Å². The van der Waals surface area contributed by atoms with Crippen LogP contribution in [0.2, 0.25) is 0 Å². The Bertz CT molecular complexity index is 811. The van der Waals surface area contributed by atoms with Crippen LogP contribution in [0.3, 0.4) is 0 Å². The van der Waals surface area contributed by atoms with Crippen molar-refractivity contribution in [2.24, 2.45) is 20.0 Å². The lowest BCUT2D eigenvalue weighted by molar-refractivity contribution is -0.117. The zero-order valence-electron chi connectivity index (χ0n) is 11.5. The van der Waals surface area contributed by atoms with Gasteiger partial charge in [0.25, 0.3) is 5.56 Å². The standard InChI is InChI=1S/C13H16N4O3/c1-15-7-14-11-10(15)12(19)17(13(20)16(11)2)6-8-3-4-9(18)5-8/h7-8H,3-6H2,1-2H3. The Morgan fingerprint density at radius 1 is 1.30 bits per heavy atom. The second-order valence-corrected chi connectivity index (χ2v) is 5.43. The summed E-state index contributed by atoms with van der Waals surface area (Å²) < 4.78 is 4.23. The summed E-state index contributed by atoms with van der Waals surface area (Å²) in [7, 11) is 3.33. The third-order valence-electron chi connectivity index (χ3n) is 3.99. The number of hydrogen-bond donors (Lipinski definition) is 0. The Morgan fingerprint density at radius 2 is 2.05 bits per heavy atom. The molecule has 2 aromatic rings. The second-order valence-electron chi connectivity index (χ2n) is 5.43. The summed E-state index contributed by atoms with van der Waals surface area (Å²) in [6.07, 6.45) is 3.28. The quantitative estimate of drug-likeness (QED) is 0.761. The highest BCUT2D eigenvalue weighted by molar-refractivity contribution is 5.80. The maximum Gasteiger partial charge on any atom is 0.332 e. The molecule has 0 bridgehead atoms. The van der Waals surface area contributed by atoms with Gasteiger partial charge in [0.15, 0.2) is 11.2 Å². The molecular formula is C13H16N4O3. The molecule has 2 heterocycles. The van der Waals surface area contributed by atoms with Gasteiger partial charge in [-0.3, -0.25) is 18.7 Å². The lowest BCUT2D eigenvalue weighted by atomic mass is 10.1. The van der Waals surface area contributed by atoms with E-state index < -0.39 is 0 Å². The highest BCUT2D eigenvalue weighted by atomic mass is 16.2. The first kappa shape index (κ1) is 12.8. The van der Waals surface area contributed by atoms with Crippen molar-refractivity contribution in [1.82, 2.24) is 18.7 Å². The normalized spacial score (nSPS) is 19.1. The highest BCUT2D eigenvalue weighted by Crippen LogP contribution is 2.22. The van der Waals surface area contributed by atoms with Crippen molar-refractivity contribution < 1.29 is 4.79 Å². The van der Waals surface area contributed by atoms with Crippen LogP contribution >= 0.6 is 0 Å². The van der Waals surface area contributed by atoms with Crippen LogP contribution in [0.4, 0.5) is 0 Å². The van der Waals surface area contributed by atoms with E-state index in [1.165, 1.54) is 15.5 Å². The molecule has 1 aliphatic carbocycles. The number of carbonyl (C=O) groups excluding carboxylic acids is 1. The topological polar surface area (TPSA) is 78.9 Å². The van der Waals surface area contributed by atoms with Crippen LogP contribution in [-0.4, -0.2) is 24.5 Å². The highest BCUT2D eigenvalue weighted by Gasteiger charge is 2.24. The Labute approximate surface area is 114 Å². The third kappa shape index (κ3) is 1.81. The van der Waals surface area contributed by atoms with Gasteiger partial charge in [0.2, 0.25) is 0 Å². The van der Waals surface area contributed by atoms with Gasteiger partial charge >= 0.3 is 5.69 Å². The first-order valence-corrected chi connectivity index (χ1v) is 6.61. The molecule has 2 aromatic heterocycles. The van der Waals surface area contributed by atoms with E-state index in [4.69, 9.17) is 0 Å². The maximum absolute atomic E-state index is 12.5. The Hall–Kier alpha value is -2.18. The van der Waals surface area contributed by atoms with Crippen LogP contribution in [0.1, 0.15) is 19.3 Å². The Kier molecular flexibility index (Phi) is 2.84. The number of carbonyl (C=O) groups is 1. The fraction of sp³-hybridized carbons (Fsp3) is 0.538. The minimum absolute atomic E-state index is 0.0820. The van der Waals surface area contributed by atoms with E-state index in [1.807, 2.05) is 0 Å².